The van der Waals surface area contributed by atoms with Gasteiger partial charge in [-0.05, 0) is 48.5 Å². The van der Waals surface area contributed by atoms with Crippen molar-refractivity contribution in [2.24, 2.45) is 0 Å². The SMILES string of the molecule is COc1ccccc1NC(=S)N[C@@H]1C[C@@H]1c1cccc(F)c1. The molecule has 3 rings (SSSR count). The molecule has 2 aromatic rings. The Labute approximate surface area is 134 Å². The lowest BCUT2D eigenvalue weighted by Crippen LogP contribution is -2.31. The van der Waals surface area contributed by atoms with E-state index in [0.29, 0.717) is 11.0 Å². The number of rotatable bonds is 4. The summed E-state index contributed by atoms with van der Waals surface area (Å²) in [6.45, 7) is 0. The highest BCUT2D eigenvalue weighted by molar-refractivity contribution is 7.80. The zero-order chi connectivity index (χ0) is 15.5. The van der Waals surface area contributed by atoms with E-state index < -0.39 is 0 Å². The lowest BCUT2D eigenvalue weighted by atomic mass is 10.1. The molecule has 0 amide bonds. The summed E-state index contributed by atoms with van der Waals surface area (Å²) < 4.78 is 18.5. The van der Waals surface area contributed by atoms with Gasteiger partial charge in [-0.15, -0.1) is 0 Å². The topological polar surface area (TPSA) is 33.3 Å². The van der Waals surface area contributed by atoms with Gasteiger partial charge in [0.25, 0.3) is 0 Å². The molecule has 0 heterocycles. The van der Waals surface area contributed by atoms with Crippen LogP contribution < -0.4 is 15.4 Å². The van der Waals surface area contributed by atoms with E-state index in [2.05, 4.69) is 10.6 Å². The second-order valence-electron chi connectivity index (χ2n) is 5.30. The van der Waals surface area contributed by atoms with Crippen molar-refractivity contribution in [3.05, 3.63) is 59.9 Å². The first kappa shape index (κ1) is 14.8. The quantitative estimate of drug-likeness (QED) is 0.843. The third kappa shape index (κ3) is 3.36. The van der Waals surface area contributed by atoms with Crippen LogP contribution >= 0.6 is 12.2 Å². The Bertz CT molecular complexity index is 692. The Hall–Kier alpha value is -2.14. The lowest BCUT2D eigenvalue weighted by molar-refractivity contribution is 0.417. The van der Waals surface area contributed by atoms with Crippen molar-refractivity contribution in [1.29, 1.82) is 0 Å². The molecule has 1 aliphatic rings. The zero-order valence-electron chi connectivity index (χ0n) is 12.2. The highest BCUT2D eigenvalue weighted by Crippen LogP contribution is 2.41. The molecule has 0 aromatic heterocycles. The molecule has 22 heavy (non-hydrogen) atoms. The van der Waals surface area contributed by atoms with Crippen molar-refractivity contribution in [3.8, 4) is 5.75 Å². The van der Waals surface area contributed by atoms with E-state index in [1.807, 2.05) is 30.3 Å². The fraction of sp³-hybridized carbons (Fsp3) is 0.235. The molecule has 0 unspecified atom stereocenters. The highest BCUT2D eigenvalue weighted by atomic mass is 32.1. The first-order valence-corrected chi connectivity index (χ1v) is 7.54. The summed E-state index contributed by atoms with van der Waals surface area (Å²) in [5, 5.41) is 6.95. The summed E-state index contributed by atoms with van der Waals surface area (Å²) in [6.07, 6.45) is 0.956. The molecular formula is C17H17FN2OS. The summed E-state index contributed by atoms with van der Waals surface area (Å²) in [4.78, 5) is 0. The third-order valence-corrected chi connectivity index (χ3v) is 3.96. The zero-order valence-corrected chi connectivity index (χ0v) is 13.0. The van der Waals surface area contributed by atoms with Crippen LogP contribution in [0, 0.1) is 5.82 Å². The summed E-state index contributed by atoms with van der Waals surface area (Å²) in [7, 11) is 1.62. The first-order valence-electron chi connectivity index (χ1n) is 7.13. The van der Waals surface area contributed by atoms with E-state index in [-0.39, 0.29) is 11.9 Å². The molecule has 2 N–H and O–H groups in total. The number of methoxy groups -OCH3 is 1. The van der Waals surface area contributed by atoms with Crippen molar-refractivity contribution < 1.29 is 9.13 Å². The van der Waals surface area contributed by atoms with Crippen LogP contribution in [0.1, 0.15) is 17.9 Å². The third-order valence-electron chi connectivity index (χ3n) is 3.74. The maximum atomic E-state index is 13.2. The normalized spacial score (nSPS) is 19.4. The van der Waals surface area contributed by atoms with Crippen LogP contribution in [-0.4, -0.2) is 18.3 Å². The molecule has 0 spiro atoms. The van der Waals surface area contributed by atoms with E-state index in [9.17, 15) is 4.39 Å². The van der Waals surface area contributed by atoms with Crippen LogP contribution in [0.25, 0.3) is 0 Å². The van der Waals surface area contributed by atoms with E-state index in [4.69, 9.17) is 17.0 Å². The van der Waals surface area contributed by atoms with Crippen molar-refractivity contribution in [1.82, 2.24) is 5.32 Å². The van der Waals surface area contributed by atoms with Gasteiger partial charge < -0.3 is 15.4 Å². The van der Waals surface area contributed by atoms with Crippen LogP contribution in [0.15, 0.2) is 48.5 Å². The standard InChI is InChI=1S/C17H17FN2OS/c1-21-16-8-3-2-7-14(16)19-17(22)20-15-10-13(15)11-5-4-6-12(18)9-11/h2-9,13,15H,10H2,1H3,(H2,19,20,22)/t13-,15-/m1/s1. The van der Waals surface area contributed by atoms with Crippen LogP contribution in [0.5, 0.6) is 5.75 Å². The predicted octanol–water partition coefficient (Wildman–Crippen LogP) is 3.68. The maximum absolute atomic E-state index is 13.2. The van der Waals surface area contributed by atoms with Gasteiger partial charge in [-0.3, -0.25) is 0 Å². The molecule has 1 fully saturated rings. The minimum absolute atomic E-state index is 0.196. The molecule has 1 aliphatic carbocycles. The molecule has 0 bridgehead atoms. The number of halogens is 1. The molecule has 5 heteroatoms. The average Bonchev–Trinajstić information content (AvgIpc) is 3.27. The predicted molar refractivity (Wildman–Crippen MR) is 89.9 cm³/mol. The second-order valence-corrected chi connectivity index (χ2v) is 5.71. The van der Waals surface area contributed by atoms with E-state index in [0.717, 1.165) is 23.4 Å². The van der Waals surface area contributed by atoms with E-state index >= 15 is 0 Å². The number of hydrogen-bond acceptors (Lipinski definition) is 2. The van der Waals surface area contributed by atoms with Gasteiger partial charge in [-0.2, -0.15) is 0 Å². The first-order chi connectivity index (χ1) is 10.7. The van der Waals surface area contributed by atoms with Gasteiger partial charge in [0.1, 0.15) is 11.6 Å². The van der Waals surface area contributed by atoms with Gasteiger partial charge >= 0.3 is 0 Å². The number of thiocarbonyl (C=S) groups is 1. The number of nitrogens with one attached hydrogen (secondary N) is 2. The smallest absolute Gasteiger partial charge is 0.171 e. The van der Waals surface area contributed by atoms with Crippen molar-refractivity contribution in [3.63, 3.8) is 0 Å². The number of para-hydroxylation sites is 2. The Morgan fingerprint density at radius 1 is 1.23 bits per heavy atom. The minimum atomic E-state index is -0.196. The lowest BCUT2D eigenvalue weighted by Gasteiger charge is -2.13. The van der Waals surface area contributed by atoms with Gasteiger partial charge in [0.05, 0.1) is 12.8 Å². The van der Waals surface area contributed by atoms with Gasteiger partial charge in [0.2, 0.25) is 0 Å². The highest BCUT2D eigenvalue weighted by Gasteiger charge is 2.39. The van der Waals surface area contributed by atoms with Crippen LogP contribution in [0.3, 0.4) is 0 Å². The van der Waals surface area contributed by atoms with Gasteiger partial charge in [-0.1, -0.05) is 24.3 Å². The molecular weight excluding hydrogens is 299 g/mol. The number of benzene rings is 2. The molecule has 2 atom stereocenters. The monoisotopic (exact) mass is 316 g/mol. The van der Waals surface area contributed by atoms with Gasteiger partial charge in [-0.25, -0.2) is 4.39 Å². The molecule has 3 nitrogen and oxygen atoms in total. The van der Waals surface area contributed by atoms with Crippen LogP contribution in [0.4, 0.5) is 10.1 Å². The maximum Gasteiger partial charge on any atom is 0.171 e. The number of anilines is 1. The van der Waals surface area contributed by atoms with E-state index in [1.54, 1.807) is 19.2 Å². The number of hydrogen-bond donors (Lipinski definition) is 2. The summed E-state index contributed by atoms with van der Waals surface area (Å²) in [5.41, 5.74) is 1.84. The molecule has 1 saturated carbocycles. The molecule has 0 saturated heterocycles. The Balaban J connectivity index is 1.58. The fourth-order valence-corrected chi connectivity index (χ4v) is 2.80. The van der Waals surface area contributed by atoms with Crippen LogP contribution in [0.2, 0.25) is 0 Å². The Morgan fingerprint density at radius 2 is 2.05 bits per heavy atom. The molecule has 0 aliphatic heterocycles. The van der Waals surface area contributed by atoms with Gasteiger partial charge in [0, 0.05) is 12.0 Å². The summed E-state index contributed by atoms with van der Waals surface area (Å²) in [6, 6.07) is 14.6. The minimum Gasteiger partial charge on any atom is -0.495 e. The Kier molecular flexibility index (Phi) is 4.24. The largest absolute Gasteiger partial charge is 0.495 e. The molecule has 0 radical (unpaired) electrons. The van der Waals surface area contributed by atoms with Crippen molar-refractivity contribution in [2.45, 2.75) is 18.4 Å². The van der Waals surface area contributed by atoms with Crippen LogP contribution in [-0.2, 0) is 0 Å². The van der Waals surface area contributed by atoms with Crippen molar-refractivity contribution >= 4 is 23.0 Å². The number of ether oxygens (including phenoxy) is 1. The molecule has 2 aromatic carbocycles. The fourth-order valence-electron chi connectivity index (χ4n) is 2.53. The van der Waals surface area contributed by atoms with Crippen molar-refractivity contribution in [2.75, 3.05) is 12.4 Å². The summed E-state index contributed by atoms with van der Waals surface area (Å²) in [5.74, 6) is 0.857. The Morgan fingerprint density at radius 3 is 2.82 bits per heavy atom. The van der Waals surface area contributed by atoms with E-state index in [1.165, 1.54) is 6.07 Å². The van der Waals surface area contributed by atoms with Gasteiger partial charge in [0.15, 0.2) is 5.11 Å². The average molecular weight is 316 g/mol. The summed E-state index contributed by atoms with van der Waals surface area (Å²) >= 11 is 5.34. The second kappa shape index (κ2) is 6.32. The molecule has 114 valence electrons.